The Hall–Kier alpha value is -1.71. The lowest BCUT2D eigenvalue weighted by Crippen LogP contribution is -2.30. The number of rotatable bonds is 5. The zero-order chi connectivity index (χ0) is 11.1. The molecule has 0 amide bonds. The van der Waals surface area contributed by atoms with Crippen molar-refractivity contribution in [3.63, 3.8) is 0 Å². The first-order valence-corrected chi connectivity index (χ1v) is 4.93. The molecule has 4 heteroatoms. The van der Waals surface area contributed by atoms with Crippen molar-refractivity contribution in [2.24, 2.45) is 4.99 Å². The fourth-order valence-corrected chi connectivity index (χ4v) is 1.10. The molecule has 0 aliphatic heterocycles. The fraction of sp³-hybridized carbons (Fsp3) is 0.364. The molecule has 0 saturated heterocycles. The Balaban J connectivity index is 2.46. The minimum Gasteiger partial charge on any atom is -0.481 e. The number of pyridine rings is 1. The summed E-state index contributed by atoms with van der Waals surface area (Å²) in [6.07, 6.45) is 5.72. The van der Waals surface area contributed by atoms with Gasteiger partial charge in [0.1, 0.15) is 6.54 Å². The predicted octanol–water partition coefficient (Wildman–Crippen LogP) is 0.888. The number of aryl methyl sites for hydroxylation is 1. The second-order valence-corrected chi connectivity index (χ2v) is 3.14. The van der Waals surface area contributed by atoms with Gasteiger partial charge in [-0.25, -0.2) is 4.57 Å². The molecule has 0 saturated carbocycles. The second-order valence-electron chi connectivity index (χ2n) is 3.14. The van der Waals surface area contributed by atoms with E-state index in [-0.39, 0.29) is 6.42 Å². The van der Waals surface area contributed by atoms with E-state index in [1.807, 2.05) is 24.5 Å². The van der Waals surface area contributed by atoms with Crippen LogP contribution in [-0.4, -0.2) is 23.8 Å². The second kappa shape index (κ2) is 5.90. The van der Waals surface area contributed by atoms with Gasteiger partial charge in [-0.15, -0.1) is 0 Å². The molecule has 1 aromatic rings. The molecule has 0 bridgehead atoms. The van der Waals surface area contributed by atoms with Gasteiger partial charge in [0.2, 0.25) is 0 Å². The van der Waals surface area contributed by atoms with E-state index in [1.165, 1.54) is 0 Å². The van der Waals surface area contributed by atoms with Crippen LogP contribution < -0.4 is 4.57 Å². The molecule has 0 atom stereocenters. The highest BCUT2D eigenvalue weighted by Crippen LogP contribution is 1.91. The Kier molecular flexibility index (Phi) is 4.47. The molecule has 1 heterocycles. The van der Waals surface area contributed by atoms with Gasteiger partial charge in [-0.1, -0.05) is 0 Å². The summed E-state index contributed by atoms with van der Waals surface area (Å²) in [5.74, 6) is -0.816. The van der Waals surface area contributed by atoms with Crippen molar-refractivity contribution in [1.29, 1.82) is 0 Å². The van der Waals surface area contributed by atoms with Crippen molar-refractivity contribution < 1.29 is 14.5 Å². The monoisotopic (exact) mass is 207 g/mol. The standard InChI is InChI=1S/C11H14N2O2/c1-2-13-7-4-10(5-8-13)9-12-6-3-11(14)15/h4-5,7-9H,2-3,6H2,1H3/p+1. The van der Waals surface area contributed by atoms with E-state index in [0.717, 1.165) is 12.1 Å². The average molecular weight is 207 g/mol. The zero-order valence-electron chi connectivity index (χ0n) is 8.76. The smallest absolute Gasteiger partial charge is 0.305 e. The van der Waals surface area contributed by atoms with Gasteiger partial charge in [0, 0.05) is 30.5 Å². The van der Waals surface area contributed by atoms with Crippen LogP contribution in [0, 0.1) is 0 Å². The maximum atomic E-state index is 10.2. The van der Waals surface area contributed by atoms with Crippen LogP contribution in [-0.2, 0) is 11.3 Å². The van der Waals surface area contributed by atoms with E-state index < -0.39 is 5.97 Å². The molecule has 1 aromatic heterocycles. The van der Waals surface area contributed by atoms with Crippen molar-refractivity contribution in [2.45, 2.75) is 19.9 Å². The Morgan fingerprint density at radius 3 is 2.73 bits per heavy atom. The lowest BCUT2D eigenvalue weighted by atomic mass is 10.3. The number of aliphatic carboxylic acids is 1. The summed E-state index contributed by atoms with van der Waals surface area (Å²) in [6.45, 7) is 3.34. The number of nitrogens with zero attached hydrogens (tertiary/aromatic N) is 2. The number of aliphatic imine (C=N–C) groups is 1. The topological polar surface area (TPSA) is 53.5 Å². The highest BCUT2D eigenvalue weighted by molar-refractivity contribution is 5.79. The summed E-state index contributed by atoms with van der Waals surface area (Å²) in [7, 11) is 0. The summed E-state index contributed by atoms with van der Waals surface area (Å²) in [4.78, 5) is 14.2. The lowest BCUT2D eigenvalue weighted by molar-refractivity contribution is -0.693. The quantitative estimate of drug-likeness (QED) is 0.576. The van der Waals surface area contributed by atoms with Crippen molar-refractivity contribution in [2.75, 3.05) is 6.54 Å². The minimum absolute atomic E-state index is 0.0816. The highest BCUT2D eigenvalue weighted by Gasteiger charge is 1.95. The van der Waals surface area contributed by atoms with E-state index in [1.54, 1.807) is 6.21 Å². The molecule has 0 aliphatic rings. The number of carboxylic acid groups (broad SMARTS) is 1. The van der Waals surface area contributed by atoms with Crippen LogP contribution in [0.1, 0.15) is 18.9 Å². The van der Waals surface area contributed by atoms with Gasteiger partial charge in [-0.05, 0) is 6.92 Å². The molecule has 0 unspecified atom stereocenters. The summed E-state index contributed by atoms with van der Waals surface area (Å²) >= 11 is 0. The molecule has 0 radical (unpaired) electrons. The van der Waals surface area contributed by atoms with Crippen LogP contribution >= 0.6 is 0 Å². The van der Waals surface area contributed by atoms with Crippen LogP contribution in [0.15, 0.2) is 29.5 Å². The maximum absolute atomic E-state index is 10.2. The first kappa shape index (κ1) is 11.4. The average Bonchev–Trinajstić information content (AvgIpc) is 2.25. The number of hydrogen-bond acceptors (Lipinski definition) is 2. The highest BCUT2D eigenvalue weighted by atomic mass is 16.4. The molecule has 15 heavy (non-hydrogen) atoms. The lowest BCUT2D eigenvalue weighted by Gasteiger charge is -1.92. The normalized spacial score (nSPS) is 10.7. The summed E-state index contributed by atoms with van der Waals surface area (Å²) in [6, 6.07) is 3.90. The third kappa shape index (κ3) is 4.35. The van der Waals surface area contributed by atoms with Crippen molar-refractivity contribution in [3.05, 3.63) is 30.1 Å². The molecule has 0 aromatic carbocycles. The minimum atomic E-state index is -0.816. The Bertz CT molecular complexity index is 344. The van der Waals surface area contributed by atoms with Crippen LogP contribution in [0.25, 0.3) is 0 Å². The Morgan fingerprint density at radius 1 is 1.53 bits per heavy atom. The largest absolute Gasteiger partial charge is 0.481 e. The van der Waals surface area contributed by atoms with Gasteiger partial charge in [-0.2, -0.15) is 0 Å². The van der Waals surface area contributed by atoms with E-state index in [9.17, 15) is 4.79 Å². The van der Waals surface area contributed by atoms with E-state index in [2.05, 4.69) is 16.5 Å². The molecule has 80 valence electrons. The fourth-order valence-electron chi connectivity index (χ4n) is 1.10. The first-order chi connectivity index (χ1) is 7.22. The predicted molar refractivity (Wildman–Crippen MR) is 57.0 cm³/mol. The van der Waals surface area contributed by atoms with Crippen LogP contribution in [0.3, 0.4) is 0 Å². The summed E-state index contributed by atoms with van der Waals surface area (Å²) in [5.41, 5.74) is 0.991. The Labute approximate surface area is 88.9 Å². The molecule has 0 spiro atoms. The van der Waals surface area contributed by atoms with Crippen molar-refractivity contribution >= 4 is 12.2 Å². The van der Waals surface area contributed by atoms with Gasteiger partial charge < -0.3 is 5.11 Å². The van der Waals surface area contributed by atoms with Crippen molar-refractivity contribution in [3.8, 4) is 0 Å². The first-order valence-electron chi connectivity index (χ1n) is 4.93. The number of aromatic nitrogens is 1. The van der Waals surface area contributed by atoms with E-state index in [4.69, 9.17) is 5.11 Å². The molecular formula is C11H15N2O2+. The zero-order valence-corrected chi connectivity index (χ0v) is 8.76. The van der Waals surface area contributed by atoms with Crippen molar-refractivity contribution in [1.82, 2.24) is 0 Å². The van der Waals surface area contributed by atoms with E-state index >= 15 is 0 Å². The van der Waals surface area contributed by atoms with E-state index in [0.29, 0.717) is 6.54 Å². The number of hydrogen-bond donors (Lipinski definition) is 1. The SMILES string of the molecule is CC[n+]1ccc(C=NCCC(=O)O)cc1. The van der Waals surface area contributed by atoms with Crippen LogP contribution in [0.4, 0.5) is 0 Å². The van der Waals surface area contributed by atoms with Gasteiger partial charge in [0.25, 0.3) is 0 Å². The van der Waals surface area contributed by atoms with Gasteiger partial charge in [0.15, 0.2) is 12.4 Å². The third-order valence-electron chi connectivity index (χ3n) is 1.98. The van der Waals surface area contributed by atoms with Gasteiger partial charge in [-0.3, -0.25) is 9.79 Å². The molecule has 1 N–H and O–H groups in total. The summed E-state index contributed by atoms with van der Waals surface area (Å²) in [5, 5.41) is 8.40. The Morgan fingerprint density at radius 2 is 2.20 bits per heavy atom. The third-order valence-corrected chi connectivity index (χ3v) is 1.98. The molecule has 0 aliphatic carbocycles. The molecule has 1 rings (SSSR count). The van der Waals surface area contributed by atoms with Crippen LogP contribution in [0.5, 0.6) is 0 Å². The summed E-state index contributed by atoms with van der Waals surface area (Å²) < 4.78 is 2.05. The van der Waals surface area contributed by atoms with Gasteiger partial charge in [0.05, 0.1) is 6.42 Å². The maximum Gasteiger partial charge on any atom is 0.305 e. The molecular weight excluding hydrogens is 192 g/mol. The number of carbonyl (C=O) groups is 1. The van der Waals surface area contributed by atoms with Crippen LogP contribution in [0.2, 0.25) is 0 Å². The number of carboxylic acids is 1. The van der Waals surface area contributed by atoms with Gasteiger partial charge >= 0.3 is 5.97 Å². The molecule has 0 fully saturated rings. The molecule has 4 nitrogen and oxygen atoms in total.